The van der Waals surface area contributed by atoms with E-state index in [0.29, 0.717) is 5.88 Å². The molecule has 1 fully saturated rings. The van der Waals surface area contributed by atoms with E-state index in [-0.39, 0.29) is 0 Å². The average molecular weight is 196 g/mol. The molecule has 0 spiro atoms. The number of benzene rings is 1. The molecule has 1 aromatic carbocycles. The molecule has 0 atom stereocenters. The molecule has 1 heterocycles. The van der Waals surface area contributed by atoms with Gasteiger partial charge in [0.25, 0.3) is 0 Å². The third-order valence-corrected chi connectivity index (χ3v) is 2.86. The second kappa shape index (κ2) is 3.59. The van der Waals surface area contributed by atoms with Crippen molar-refractivity contribution in [3.8, 4) is 0 Å². The fourth-order valence-corrected chi connectivity index (χ4v) is 1.90. The van der Waals surface area contributed by atoms with Gasteiger partial charge in [-0.1, -0.05) is 17.7 Å². The van der Waals surface area contributed by atoms with Crippen molar-refractivity contribution >= 4 is 17.3 Å². The Morgan fingerprint density at radius 2 is 2.15 bits per heavy atom. The van der Waals surface area contributed by atoms with Crippen LogP contribution < -0.4 is 4.90 Å². The molecule has 13 heavy (non-hydrogen) atoms. The number of rotatable bonds is 2. The minimum Gasteiger partial charge on any atom is -0.371 e. The molecule has 0 aliphatic carbocycles. The molecular formula is C11H14ClN. The van der Waals surface area contributed by atoms with Crippen molar-refractivity contribution in [1.82, 2.24) is 0 Å². The second-order valence-corrected chi connectivity index (χ2v) is 3.87. The topological polar surface area (TPSA) is 3.24 Å². The summed E-state index contributed by atoms with van der Waals surface area (Å²) in [6.07, 6.45) is 1.32. The molecule has 0 aromatic heterocycles. The van der Waals surface area contributed by atoms with E-state index in [4.69, 9.17) is 11.6 Å². The molecule has 0 bridgehead atoms. The van der Waals surface area contributed by atoms with E-state index in [1.54, 1.807) is 0 Å². The van der Waals surface area contributed by atoms with Gasteiger partial charge in [0.1, 0.15) is 0 Å². The van der Waals surface area contributed by atoms with Crippen molar-refractivity contribution in [3.63, 3.8) is 0 Å². The lowest BCUT2D eigenvalue weighted by atomic mass is 10.1. The summed E-state index contributed by atoms with van der Waals surface area (Å²) in [6.45, 7) is 4.48. The normalized spacial score (nSPS) is 15.7. The second-order valence-electron chi connectivity index (χ2n) is 3.61. The van der Waals surface area contributed by atoms with Crippen molar-refractivity contribution in [3.05, 3.63) is 29.3 Å². The number of alkyl halides is 1. The van der Waals surface area contributed by atoms with Gasteiger partial charge < -0.3 is 4.90 Å². The smallest absolute Gasteiger partial charge is 0.0494 e. The summed E-state index contributed by atoms with van der Waals surface area (Å²) in [6, 6.07) is 6.52. The molecular weight excluding hydrogens is 182 g/mol. The van der Waals surface area contributed by atoms with Gasteiger partial charge in [-0.25, -0.2) is 0 Å². The van der Waals surface area contributed by atoms with Gasteiger partial charge in [-0.05, 0) is 25.0 Å². The van der Waals surface area contributed by atoms with Gasteiger partial charge in [-0.3, -0.25) is 0 Å². The molecule has 1 aliphatic rings. The molecule has 1 saturated heterocycles. The molecule has 70 valence electrons. The molecule has 1 nitrogen and oxygen atoms in total. The van der Waals surface area contributed by atoms with Crippen LogP contribution in [-0.2, 0) is 5.88 Å². The summed E-state index contributed by atoms with van der Waals surface area (Å²) < 4.78 is 0. The van der Waals surface area contributed by atoms with Gasteiger partial charge in [0.15, 0.2) is 0 Å². The summed E-state index contributed by atoms with van der Waals surface area (Å²) in [5.74, 6) is 0.619. The number of hydrogen-bond acceptors (Lipinski definition) is 1. The van der Waals surface area contributed by atoms with Crippen LogP contribution in [0.1, 0.15) is 17.5 Å². The lowest BCUT2D eigenvalue weighted by Gasteiger charge is -2.34. The van der Waals surface area contributed by atoms with Crippen LogP contribution in [0.4, 0.5) is 5.69 Å². The van der Waals surface area contributed by atoms with E-state index >= 15 is 0 Å². The quantitative estimate of drug-likeness (QED) is 0.656. The molecule has 0 saturated carbocycles. The Balaban J connectivity index is 2.32. The minimum absolute atomic E-state index is 0.619. The summed E-state index contributed by atoms with van der Waals surface area (Å²) in [4.78, 5) is 2.39. The maximum Gasteiger partial charge on any atom is 0.0494 e. The zero-order valence-electron chi connectivity index (χ0n) is 7.89. The Kier molecular flexibility index (Phi) is 2.45. The van der Waals surface area contributed by atoms with Crippen LogP contribution in [0.2, 0.25) is 0 Å². The highest BCUT2D eigenvalue weighted by Gasteiger charge is 2.16. The Morgan fingerprint density at radius 1 is 1.38 bits per heavy atom. The van der Waals surface area contributed by atoms with Crippen LogP contribution in [0.25, 0.3) is 0 Å². The first-order valence-corrected chi connectivity index (χ1v) is 5.25. The Labute approximate surface area is 84.3 Å². The SMILES string of the molecule is Cc1ccc(N2CCC2)c(CCl)c1. The lowest BCUT2D eigenvalue weighted by molar-refractivity contribution is 0.616. The molecule has 2 heteroatoms. The predicted molar refractivity (Wildman–Crippen MR) is 57.6 cm³/mol. The van der Waals surface area contributed by atoms with Crippen molar-refractivity contribution in [2.45, 2.75) is 19.2 Å². The highest BCUT2D eigenvalue weighted by Crippen LogP contribution is 2.27. The fourth-order valence-electron chi connectivity index (χ4n) is 1.69. The Bertz CT molecular complexity index is 305. The maximum atomic E-state index is 5.90. The van der Waals surface area contributed by atoms with Crippen LogP contribution in [0.5, 0.6) is 0 Å². The summed E-state index contributed by atoms with van der Waals surface area (Å²) in [7, 11) is 0. The molecule has 1 aromatic rings. The standard InChI is InChI=1S/C11H14ClN/c1-9-3-4-11(10(7-9)8-12)13-5-2-6-13/h3-4,7H,2,5-6,8H2,1H3. The number of halogens is 1. The minimum atomic E-state index is 0.619. The van der Waals surface area contributed by atoms with E-state index in [2.05, 4.69) is 30.0 Å². The summed E-state index contributed by atoms with van der Waals surface area (Å²) >= 11 is 5.90. The highest BCUT2D eigenvalue weighted by molar-refractivity contribution is 6.17. The fraction of sp³-hybridized carbons (Fsp3) is 0.455. The van der Waals surface area contributed by atoms with Crippen molar-refractivity contribution in [1.29, 1.82) is 0 Å². The first-order valence-electron chi connectivity index (χ1n) is 4.71. The molecule has 1 aliphatic heterocycles. The monoisotopic (exact) mass is 195 g/mol. The Hall–Kier alpha value is -0.690. The number of anilines is 1. The van der Waals surface area contributed by atoms with Crippen LogP contribution in [0, 0.1) is 6.92 Å². The van der Waals surface area contributed by atoms with E-state index in [0.717, 1.165) is 0 Å². The van der Waals surface area contributed by atoms with E-state index in [1.807, 2.05) is 0 Å². The van der Waals surface area contributed by atoms with Gasteiger partial charge in [-0.15, -0.1) is 11.6 Å². The largest absolute Gasteiger partial charge is 0.371 e. The molecule has 0 amide bonds. The first-order chi connectivity index (χ1) is 6.31. The van der Waals surface area contributed by atoms with Crippen LogP contribution >= 0.6 is 11.6 Å². The van der Waals surface area contributed by atoms with Gasteiger partial charge in [-0.2, -0.15) is 0 Å². The Morgan fingerprint density at radius 3 is 2.69 bits per heavy atom. The van der Waals surface area contributed by atoms with E-state index in [9.17, 15) is 0 Å². The molecule has 0 radical (unpaired) electrons. The number of aryl methyl sites for hydroxylation is 1. The van der Waals surface area contributed by atoms with Crippen molar-refractivity contribution < 1.29 is 0 Å². The summed E-state index contributed by atoms with van der Waals surface area (Å²) in [5.41, 5.74) is 3.88. The summed E-state index contributed by atoms with van der Waals surface area (Å²) in [5, 5.41) is 0. The van der Waals surface area contributed by atoms with Crippen LogP contribution in [0.3, 0.4) is 0 Å². The van der Waals surface area contributed by atoms with Crippen LogP contribution in [0.15, 0.2) is 18.2 Å². The predicted octanol–water partition coefficient (Wildman–Crippen LogP) is 2.94. The zero-order chi connectivity index (χ0) is 9.26. The third kappa shape index (κ3) is 1.66. The average Bonchev–Trinajstić information content (AvgIpc) is 2.05. The van der Waals surface area contributed by atoms with Crippen molar-refractivity contribution in [2.24, 2.45) is 0 Å². The van der Waals surface area contributed by atoms with Gasteiger partial charge >= 0.3 is 0 Å². The van der Waals surface area contributed by atoms with E-state index in [1.165, 1.54) is 36.3 Å². The zero-order valence-corrected chi connectivity index (χ0v) is 8.64. The molecule has 2 rings (SSSR count). The number of hydrogen-bond donors (Lipinski definition) is 0. The van der Waals surface area contributed by atoms with Crippen molar-refractivity contribution in [2.75, 3.05) is 18.0 Å². The first kappa shape index (κ1) is 8.89. The van der Waals surface area contributed by atoms with Crippen LogP contribution in [-0.4, -0.2) is 13.1 Å². The molecule has 0 N–H and O–H groups in total. The van der Waals surface area contributed by atoms with E-state index < -0.39 is 0 Å². The van der Waals surface area contributed by atoms with Gasteiger partial charge in [0.05, 0.1) is 0 Å². The highest BCUT2D eigenvalue weighted by atomic mass is 35.5. The van der Waals surface area contributed by atoms with Gasteiger partial charge in [0.2, 0.25) is 0 Å². The lowest BCUT2D eigenvalue weighted by Crippen LogP contribution is -2.37. The van der Waals surface area contributed by atoms with Gasteiger partial charge in [0, 0.05) is 24.7 Å². The maximum absolute atomic E-state index is 5.90. The third-order valence-electron chi connectivity index (χ3n) is 2.58. The molecule has 0 unspecified atom stereocenters. The number of nitrogens with zero attached hydrogens (tertiary/aromatic N) is 1.